The van der Waals surface area contributed by atoms with E-state index in [1.165, 1.54) is 66.7 Å². The summed E-state index contributed by atoms with van der Waals surface area (Å²) in [7, 11) is 0. The van der Waals surface area contributed by atoms with Gasteiger partial charge in [0.05, 0.1) is 10.6 Å². The molecule has 4 N–H and O–H groups in total. The van der Waals surface area contributed by atoms with Crippen LogP contribution in [0, 0.1) is 15.9 Å². The van der Waals surface area contributed by atoms with Crippen LogP contribution in [0.3, 0.4) is 0 Å². The molecule has 4 aromatic carbocycles. The lowest BCUT2D eigenvalue weighted by Gasteiger charge is -2.16. The maximum absolute atomic E-state index is 13.4. The van der Waals surface area contributed by atoms with Crippen molar-refractivity contribution < 1.29 is 28.1 Å². The molecule has 1 heterocycles. The van der Waals surface area contributed by atoms with E-state index in [9.17, 15) is 28.9 Å². The summed E-state index contributed by atoms with van der Waals surface area (Å²) in [4.78, 5) is 49.6. The van der Waals surface area contributed by atoms with Gasteiger partial charge in [-0.25, -0.2) is 4.39 Å². The Morgan fingerprint density at radius 1 is 0.870 bits per heavy atom. The number of non-ortho nitro benzene ring substituents is 1. The van der Waals surface area contributed by atoms with Gasteiger partial charge in [-0.15, -0.1) is 12.4 Å². The Bertz CT molecular complexity index is 1910. The van der Waals surface area contributed by atoms with Gasteiger partial charge in [0.2, 0.25) is 11.8 Å². The summed E-state index contributed by atoms with van der Waals surface area (Å²) in [6.07, 6.45) is 2.69. The number of hydrogen-bond acceptors (Lipinski definition) is 7. The topological polar surface area (TPSA) is 158 Å². The number of nitro benzene ring substituents is 1. The second kappa shape index (κ2) is 14.7. The second-order valence-corrected chi connectivity index (χ2v) is 9.80. The molecule has 46 heavy (non-hydrogen) atoms. The van der Waals surface area contributed by atoms with E-state index in [-0.39, 0.29) is 35.0 Å². The lowest BCUT2D eigenvalue weighted by Crippen LogP contribution is -2.28. The summed E-state index contributed by atoms with van der Waals surface area (Å²) in [5.74, 6) is -1.17. The van der Waals surface area contributed by atoms with Gasteiger partial charge in [-0.1, -0.05) is 42.5 Å². The van der Waals surface area contributed by atoms with Crippen molar-refractivity contribution in [1.29, 1.82) is 0 Å². The van der Waals surface area contributed by atoms with Crippen LogP contribution in [0.4, 0.5) is 21.5 Å². The Morgan fingerprint density at radius 3 is 2.24 bits per heavy atom. The molecule has 5 rings (SSSR count). The molecule has 0 aliphatic heterocycles. The number of furan rings is 1. The molecule has 5 aromatic rings. The van der Waals surface area contributed by atoms with E-state index in [0.29, 0.717) is 28.2 Å². The zero-order valence-electron chi connectivity index (χ0n) is 23.9. The lowest BCUT2D eigenvalue weighted by molar-refractivity contribution is -0.384. The Hall–Kier alpha value is -5.91. The third-order valence-corrected chi connectivity index (χ3v) is 6.73. The highest BCUT2D eigenvalue weighted by Gasteiger charge is 2.21. The number of hydrogen-bond donors (Lipinski definition) is 3. The molecule has 1 atom stereocenters. The number of nitrogens with one attached hydrogen (secondary N) is 2. The number of benzene rings is 4. The smallest absolute Gasteiger partial charge is 0.269 e. The molecular formula is C34H26ClFN4O6. The Labute approximate surface area is 268 Å². The summed E-state index contributed by atoms with van der Waals surface area (Å²) < 4.78 is 19.1. The number of carbonyl (C=O) groups is 3. The zero-order chi connectivity index (χ0) is 31.9. The number of ketones is 1. The van der Waals surface area contributed by atoms with Crippen LogP contribution in [0.1, 0.15) is 33.3 Å². The highest BCUT2D eigenvalue weighted by Crippen LogP contribution is 2.27. The molecule has 0 fully saturated rings. The van der Waals surface area contributed by atoms with Crippen LogP contribution in [0.5, 0.6) is 0 Å². The van der Waals surface area contributed by atoms with E-state index < -0.39 is 34.4 Å². The molecule has 1 unspecified atom stereocenters. The zero-order valence-corrected chi connectivity index (χ0v) is 24.7. The Kier molecular flexibility index (Phi) is 10.6. The van der Waals surface area contributed by atoms with Crippen LogP contribution >= 0.6 is 12.4 Å². The molecular weight excluding hydrogens is 615 g/mol. The van der Waals surface area contributed by atoms with E-state index in [0.717, 1.165) is 0 Å². The van der Waals surface area contributed by atoms with Crippen LogP contribution in [0.15, 0.2) is 120 Å². The molecule has 0 saturated heterocycles. The fourth-order valence-corrected chi connectivity index (χ4v) is 4.38. The number of rotatable bonds is 10. The van der Waals surface area contributed by atoms with Crippen LogP contribution in [0.2, 0.25) is 0 Å². The van der Waals surface area contributed by atoms with Crippen molar-refractivity contribution in [2.24, 2.45) is 5.73 Å². The van der Waals surface area contributed by atoms with Crippen LogP contribution in [-0.4, -0.2) is 22.5 Å². The van der Waals surface area contributed by atoms with Gasteiger partial charge >= 0.3 is 0 Å². The second-order valence-electron chi connectivity index (χ2n) is 9.80. The summed E-state index contributed by atoms with van der Waals surface area (Å²) in [6.45, 7) is 0. The van der Waals surface area contributed by atoms with Gasteiger partial charge in [-0.05, 0) is 66.2 Å². The molecule has 0 radical (unpaired) electrons. The van der Waals surface area contributed by atoms with E-state index in [2.05, 4.69) is 10.6 Å². The van der Waals surface area contributed by atoms with E-state index in [1.807, 2.05) is 0 Å². The van der Waals surface area contributed by atoms with Crippen molar-refractivity contribution in [1.82, 2.24) is 0 Å². The number of anilines is 2. The molecule has 10 nitrogen and oxygen atoms in total. The molecule has 0 bridgehead atoms. The van der Waals surface area contributed by atoms with Crippen molar-refractivity contribution in [3.8, 4) is 11.3 Å². The standard InChI is InChI=1S/C34H25FN4O6.ClH/c35-24-10-6-22(7-11-24)32(36)34(42)38-29-17-12-25(20-28(29)33(41)23-4-2-1-3-5-23)37-31(40)19-16-27-15-18-30(45-27)21-8-13-26(14-9-21)39(43)44;/h1-20,32H,36H2,(H,37,40)(H,38,42);1H/b19-16+;. The van der Waals surface area contributed by atoms with Crippen LogP contribution in [-0.2, 0) is 9.59 Å². The molecule has 2 amide bonds. The quantitative estimate of drug-likeness (QED) is 0.0646. The molecule has 0 aliphatic carbocycles. The number of carbonyl (C=O) groups excluding carboxylic acids is 3. The minimum Gasteiger partial charge on any atom is -0.457 e. The van der Waals surface area contributed by atoms with Gasteiger partial charge in [0.1, 0.15) is 23.4 Å². The first-order chi connectivity index (χ1) is 21.7. The Balaban J connectivity index is 0.00000480. The first kappa shape index (κ1) is 33.0. The van der Waals surface area contributed by atoms with Gasteiger partial charge in [-0.3, -0.25) is 24.5 Å². The number of nitrogens with zero attached hydrogens (tertiary/aromatic N) is 1. The lowest BCUT2D eigenvalue weighted by atomic mass is 10.00. The maximum atomic E-state index is 13.4. The highest BCUT2D eigenvalue weighted by atomic mass is 35.5. The number of nitro groups is 1. The third-order valence-electron chi connectivity index (χ3n) is 6.73. The molecule has 0 spiro atoms. The highest BCUT2D eigenvalue weighted by molar-refractivity contribution is 6.15. The van der Waals surface area contributed by atoms with E-state index in [4.69, 9.17) is 10.2 Å². The summed E-state index contributed by atoms with van der Waals surface area (Å²) in [6, 6.07) is 26.1. The molecule has 12 heteroatoms. The van der Waals surface area contributed by atoms with Crippen LogP contribution < -0.4 is 16.4 Å². The third kappa shape index (κ3) is 7.97. The number of nitrogens with two attached hydrogens (primary N) is 1. The SMILES string of the molecule is Cl.NC(C(=O)Nc1ccc(NC(=O)/C=C/c2ccc(-c3ccc([N+](=O)[O-])cc3)o2)cc1C(=O)c1ccccc1)c1ccc(F)cc1. The van der Waals surface area contributed by atoms with Crippen molar-refractivity contribution in [2.75, 3.05) is 10.6 Å². The molecule has 232 valence electrons. The van der Waals surface area contributed by atoms with Crippen LogP contribution in [0.25, 0.3) is 17.4 Å². The van der Waals surface area contributed by atoms with Gasteiger partial charge in [0, 0.05) is 40.6 Å². The minimum absolute atomic E-state index is 0. The maximum Gasteiger partial charge on any atom is 0.269 e. The van der Waals surface area contributed by atoms with Crippen molar-refractivity contribution in [3.63, 3.8) is 0 Å². The van der Waals surface area contributed by atoms with Gasteiger partial charge < -0.3 is 20.8 Å². The monoisotopic (exact) mass is 640 g/mol. The molecule has 0 saturated carbocycles. The average molecular weight is 641 g/mol. The summed E-state index contributed by atoms with van der Waals surface area (Å²) in [5.41, 5.74) is 8.00. The van der Waals surface area contributed by atoms with Gasteiger partial charge in [0.15, 0.2) is 5.78 Å². The van der Waals surface area contributed by atoms with E-state index in [1.54, 1.807) is 54.6 Å². The molecule has 0 aliphatic rings. The normalized spacial score (nSPS) is 11.3. The average Bonchev–Trinajstić information content (AvgIpc) is 3.54. The fraction of sp³-hybridized carbons (Fsp3) is 0.0294. The summed E-state index contributed by atoms with van der Waals surface area (Å²) >= 11 is 0. The first-order valence-corrected chi connectivity index (χ1v) is 13.6. The predicted molar refractivity (Wildman–Crippen MR) is 174 cm³/mol. The molecule has 1 aromatic heterocycles. The Morgan fingerprint density at radius 2 is 1.57 bits per heavy atom. The minimum atomic E-state index is -1.13. The van der Waals surface area contributed by atoms with Crippen molar-refractivity contribution in [3.05, 3.63) is 154 Å². The summed E-state index contributed by atoms with van der Waals surface area (Å²) in [5, 5.41) is 16.2. The number of amides is 2. The van der Waals surface area contributed by atoms with Gasteiger partial charge in [0.25, 0.3) is 5.69 Å². The largest absolute Gasteiger partial charge is 0.457 e. The first-order valence-electron chi connectivity index (χ1n) is 13.6. The van der Waals surface area contributed by atoms with E-state index >= 15 is 0 Å². The predicted octanol–water partition coefficient (Wildman–Crippen LogP) is 6.94. The number of halogens is 2. The van der Waals surface area contributed by atoms with Gasteiger partial charge in [-0.2, -0.15) is 0 Å². The van der Waals surface area contributed by atoms with Crippen molar-refractivity contribution >= 4 is 53.1 Å². The fourth-order valence-electron chi connectivity index (χ4n) is 4.38. The van der Waals surface area contributed by atoms with Crippen molar-refractivity contribution in [2.45, 2.75) is 6.04 Å².